The zero-order chi connectivity index (χ0) is 14.0. The van der Waals surface area contributed by atoms with Gasteiger partial charge in [0, 0.05) is 17.4 Å². The summed E-state index contributed by atoms with van der Waals surface area (Å²) in [4.78, 5) is 4.36. The van der Waals surface area contributed by atoms with Crippen LogP contribution in [0.2, 0.25) is 10.0 Å². The summed E-state index contributed by atoms with van der Waals surface area (Å²) in [6, 6.07) is 9.59. The molecule has 2 rings (SSSR count). The zero-order valence-corrected chi connectivity index (χ0v) is 12.5. The van der Waals surface area contributed by atoms with Crippen molar-refractivity contribution in [3.8, 4) is 0 Å². The minimum absolute atomic E-state index is 0.0716. The lowest BCUT2D eigenvalue weighted by Crippen LogP contribution is -2.14. The third kappa shape index (κ3) is 3.69. The third-order valence-electron chi connectivity index (χ3n) is 2.97. The van der Waals surface area contributed by atoms with E-state index in [2.05, 4.69) is 4.98 Å². The SMILES string of the molecule is Cc1cc(C(N)Cc2ccc(Cl)c(Cl)c2)cc(C)n1. The summed E-state index contributed by atoms with van der Waals surface area (Å²) < 4.78 is 0. The molecule has 0 spiro atoms. The Kier molecular flexibility index (Phi) is 4.46. The summed E-state index contributed by atoms with van der Waals surface area (Å²) in [5, 5.41) is 1.13. The van der Waals surface area contributed by atoms with E-state index in [1.54, 1.807) is 6.07 Å². The lowest BCUT2D eigenvalue weighted by Gasteiger charge is -2.14. The summed E-state index contributed by atoms with van der Waals surface area (Å²) in [6.45, 7) is 3.95. The Morgan fingerprint density at radius 1 is 1.05 bits per heavy atom. The normalized spacial score (nSPS) is 12.5. The molecular weight excluding hydrogens is 279 g/mol. The second kappa shape index (κ2) is 5.91. The van der Waals surface area contributed by atoms with E-state index in [-0.39, 0.29) is 6.04 Å². The first-order valence-corrected chi connectivity index (χ1v) is 6.86. The summed E-state index contributed by atoms with van der Waals surface area (Å²) in [7, 11) is 0. The van der Waals surface area contributed by atoms with Crippen LogP contribution in [-0.4, -0.2) is 4.98 Å². The molecule has 0 fully saturated rings. The molecule has 1 atom stereocenters. The number of aryl methyl sites for hydroxylation is 2. The number of benzene rings is 1. The lowest BCUT2D eigenvalue weighted by atomic mass is 9.99. The number of nitrogens with zero attached hydrogens (tertiary/aromatic N) is 1. The number of hydrogen-bond acceptors (Lipinski definition) is 2. The Morgan fingerprint density at radius 3 is 2.26 bits per heavy atom. The van der Waals surface area contributed by atoms with Crippen molar-refractivity contribution >= 4 is 23.2 Å². The molecule has 19 heavy (non-hydrogen) atoms. The molecule has 0 aliphatic carbocycles. The quantitative estimate of drug-likeness (QED) is 0.919. The predicted octanol–water partition coefficient (Wildman–Crippen LogP) is 4.25. The zero-order valence-electron chi connectivity index (χ0n) is 11.0. The van der Waals surface area contributed by atoms with E-state index in [0.29, 0.717) is 10.0 Å². The Labute approximate surface area is 123 Å². The van der Waals surface area contributed by atoms with Crippen molar-refractivity contribution in [1.29, 1.82) is 0 Å². The van der Waals surface area contributed by atoms with Crippen molar-refractivity contribution in [3.63, 3.8) is 0 Å². The molecule has 2 aromatic rings. The first kappa shape index (κ1) is 14.3. The first-order valence-electron chi connectivity index (χ1n) is 6.10. The van der Waals surface area contributed by atoms with E-state index in [4.69, 9.17) is 28.9 Å². The molecule has 0 saturated carbocycles. The van der Waals surface area contributed by atoms with Gasteiger partial charge >= 0.3 is 0 Å². The summed E-state index contributed by atoms with van der Waals surface area (Å²) in [6.07, 6.45) is 0.722. The minimum Gasteiger partial charge on any atom is -0.324 e. The molecule has 1 heterocycles. The summed E-state index contributed by atoms with van der Waals surface area (Å²) in [5.74, 6) is 0. The van der Waals surface area contributed by atoms with Crippen LogP contribution in [0.25, 0.3) is 0 Å². The monoisotopic (exact) mass is 294 g/mol. The highest BCUT2D eigenvalue weighted by atomic mass is 35.5. The maximum Gasteiger partial charge on any atom is 0.0595 e. The van der Waals surface area contributed by atoms with Crippen LogP contribution in [0.15, 0.2) is 30.3 Å². The van der Waals surface area contributed by atoms with Crippen LogP contribution in [0.5, 0.6) is 0 Å². The van der Waals surface area contributed by atoms with Gasteiger partial charge in [0.15, 0.2) is 0 Å². The molecule has 1 aromatic carbocycles. The van der Waals surface area contributed by atoms with Crippen molar-refractivity contribution in [3.05, 3.63) is 62.9 Å². The average molecular weight is 295 g/mol. The molecule has 2 nitrogen and oxygen atoms in total. The Morgan fingerprint density at radius 2 is 1.68 bits per heavy atom. The number of rotatable bonds is 3. The minimum atomic E-state index is -0.0716. The number of hydrogen-bond donors (Lipinski definition) is 1. The molecule has 0 amide bonds. The van der Waals surface area contributed by atoms with Crippen LogP contribution in [0.4, 0.5) is 0 Å². The fourth-order valence-electron chi connectivity index (χ4n) is 2.12. The van der Waals surface area contributed by atoms with Crippen LogP contribution in [0.1, 0.15) is 28.6 Å². The average Bonchev–Trinajstić information content (AvgIpc) is 2.32. The van der Waals surface area contributed by atoms with E-state index in [0.717, 1.165) is 28.9 Å². The van der Waals surface area contributed by atoms with Crippen LogP contribution in [0.3, 0.4) is 0 Å². The summed E-state index contributed by atoms with van der Waals surface area (Å²) in [5.41, 5.74) is 10.4. The molecule has 0 bridgehead atoms. The highest BCUT2D eigenvalue weighted by Crippen LogP contribution is 2.25. The van der Waals surface area contributed by atoms with E-state index < -0.39 is 0 Å². The fraction of sp³-hybridized carbons (Fsp3) is 0.267. The highest BCUT2D eigenvalue weighted by Gasteiger charge is 2.10. The highest BCUT2D eigenvalue weighted by molar-refractivity contribution is 6.42. The Hall–Kier alpha value is -1.09. The van der Waals surface area contributed by atoms with Gasteiger partial charge in [-0.3, -0.25) is 4.98 Å². The van der Waals surface area contributed by atoms with Crippen LogP contribution < -0.4 is 5.73 Å². The second-order valence-electron chi connectivity index (χ2n) is 4.74. The van der Waals surface area contributed by atoms with Gasteiger partial charge in [-0.25, -0.2) is 0 Å². The van der Waals surface area contributed by atoms with Crippen molar-refractivity contribution < 1.29 is 0 Å². The molecule has 0 aliphatic rings. The topological polar surface area (TPSA) is 38.9 Å². The standard InChI is InChI=1S/C15H16Cl2N2/c1-9-5-12(6-10(2)19-9)15(18)8-11-3-4-13(16)14(17)7-11/h3-7,15H,8,18H2,1-2H3. The van der Waals surface area contributed by atoms with Crippen molar-refractivity contribution in [2.75, 3.05) is 0 Å². The van der Waals surface area contributed by atoms with Gasteiger partial charge in [-0.15, -0.1) is 0 Å². The number of pyridine rings is 1. The molecular formula is C15H16Cl2N2. The molecule has 0 aliphatic heterocycles. The maximum atomic E-state index is 6.25. The lowest BCUT2D eigenvalue weighted by molar-refractivity contribution is 0.717. The Bertz CT molecular complexity index is 576. The number of aromatic nitrogens is 1. The summed E-state index contributed by atoms with van der Waals surface area (Å²) >= 11 is 11.9. The third-order valence-corrected chi connectivity index (χ3v) is 3.71. The molecule has 4 heteroatoms. The van der Waals surface area contributed by atoms with Gasteiger partial charge in [0.05, 0.1) is 10.0 Å². The smallest absolute Gasteiger partial charge is 0.0595 e. The fourth-order valence-corrected chi connectivity index (χ4v) is 2.44. The molecule has 1 unspecified atom stereocenters. The molecule has 2 N–H and O–H groups in total. The van der Waals surface area contributed by atoms with Gasteiger partial charge < -0.3 is 5.73 Å². The van der Waals surface area contributed by atoms with E-state index in [1.165, 1.54) is 0 Å². The van der Waals surface area contributed by atoms with Crippen molar-refractivity contribution in [1.82, 2.24) is 4.98 Å². The molecule has 1 aromatic heterocycles. The van der Waals surface area contributed by atoms with Gasteiger partial charge in [-0.2, -0.15) is 0 Å². The maximum absolute atomic E-state index is 6.25. The molecule has 0 radical (unpaired) electrons. The Balaban J connectivity index is 2.20. The second-order valence-corrected chi connectivity index (χ2v) is 5.56. The van der Waals surface area contributed by atoms with Crippen molar-refractivity contribution in [2.45, 2.75) is 26.3 Å². The van der Waals surface area contributed by atoms with Crippen LogP contribution in [0, 0.1) is 13.8 Å². The van der Waals surface area contributed by atoms with Gasteiger partial charge in [0.2, 0.25) is 0 Å². The van der Waals surface area contributed by atoms with Gasteiger partial charge in [-0.1, -0.05) is 29.3 Å². The number of nitrogens with two attached hydrogens (primary N) is 1. The van der Waals surface area contributed by atoms with Gasteiger partial charge in [0.1, 0.15) is 0 Å². The van der Waals surface area contributed by atoms with Crippen LogP contribution >= 0.6 is 23.2 Å². The first-order chi connectivity index (χ1) is 8.95. The van der Waals surface area contributed by atoms with E-state index in [9.17, 15) is 0 Å². The van der Waals surface area contributed by atoms with Crippen LogP contribution in [-0.2, 0) is 6.42 Å². The van der Waals surface area contributed by atoms with Gasteiger partial charge in [0.25, 0.3) is 0 Å². The van der Waals surface area contributed by atoms with Gasteiger partial charge in [-0.05, 0) is 55.7 Å². The molecule has 100 valence electrons. The predicted molar refractivity (Wildman–Crippen MR) is 80.8 cm³/mol. The van der Waals surface area contributed by atoms with E-state index >= 15 is 0 Å². The molecule has 0 saturated heterocycles. The largest absolute Gasteiger partial charge is 0.324 e. The van der Waals surface area contributed by atoms with E-state index in [1.807, 2.05) is 38.1 Å². The number of halogens is 2. The van der Waals surface area contributed by atoms with Crippen molar-refractivity contribution in [2.24, 2.45) is 5.73 Å².